The summed E-state index contributed by atoms with van der Waals surface area (Å²) in [5.74, 6) is -8.58. The number of anilines is 2. The predicted molar refractivity (Wildman–Crippen MR) is 106 cm³/mol. The van der Waals surface area contributed by atoms with Crippen molar-refractivity contribution in [1.29, 1.82) is 0 Å². The van der Waals surface area contributed by atoms with Gasteiger partial charge < -0.3 is 16.0 Å². The molecule has 1 fully saturated rings. The lowest BCUT2D eigenvalue weighted by Gasteiger charge is -2.42. The lowest BCUT2D eigenvalue weighted by Crippen LogP contribution is -2.52. The number of hydrogen-bond acceptors (Lipinski definition) is 4. The van der Waals surface area contributed by atoms with E-state index in [0.717, 1.165) is 23.1 Å². The second-order valence-electron chi connectivity index (χ2n) is 7.59. The molecular weight excluding hydrogens is 416 g/mol. The second-order valence-corrected chi connectivity index (χ2v) is 7.59. The van der Waals surface area contributed by atoms with E-state index in [1.54, 1.807) is 6.07 Å². The maximum atomic E-state index is 14.4. The van der Waals surface area contributed by atoms with E-state index in [1.807, 2.05) is 6.92 Å². The van der Waals surface area contributed by atoms with E-state index >= 15 is 0 Å². The minimum absolute atomic E-state index is 0.0194. The van der Waals surface area contributed by atoms with Crippen LogP contribution in [0.3, 0.4) is 0 Å². The molecular formula is C21H22F4N4O2. The molecule has 0 saturated carbocycles. The molecule has 1 aromatic carbocycles. The Morgan fingerprint density at radius 3 is 2.61 bits per heavy atom. The zero-order valence-electron chi connectivity index (χ0n) is 17.0. The number of amides is 2. The highest BCUT2D eigenvalue weighted by atomic mass is 19.3. The van der Waals surface area contributed by atoms with E-state index in [2.05, 4.69) is 10.3 Å². The Morgan fingerprint density at radius 1 is 1.26 bits per heavy atom. The first kappa shape index (κ1) is 22.5. The smallest absolute Gasteiger partial charge is 0.313 e. The fourth-order valence-corrected chi connectivity index (χ4v) is 3.55. The first-order chi connectivity index (χ1) is 14.5. The van der Waals surface area contributed by atoms with E-state index in [-0.39, 0.29) is 17.1 Å². The average Bonchev–Trinajstić information content (AvgIpc) is 2.72. The van der Waals surface area contributed by atoms with Gasteiger partial charge in [0.15, 0.2) is 11.6 Å². The number of pyridine rings is 1. The number of carbonyl (C=O) groups is 2. The first-order valence-electron chi connectivity index (χ1n) is 9.72. The Hall–Kier alpha value is -3.17. The topological polar surface area (TPSA) is 88.3 Å². The van der Waals surface area contributed by atoms with Crippen molar-refractivity contribution >= 4 is 23.3 Å². The van der Waals surface area contributed by atoms with Gasteiger partial charge in [0.25, 0.3) is 5.92 Å². The van der Waals surface area contributed by atoms with Gasteiger partial charge in [-0.05, 0) is 35.7 Å². The summed E-state index contributed by atoms with van der Waals surface area (Å²) in [4.78, 5) is 30.4. The molecule has 0 bridgehead atoms. The molecule has 2 aromatic rings. The third-order valence-electron chi connectivity index (χ3n) is 5.46. The molecule has 0 aliphatic carbocycles. The highest BCUT2D eigenvalue weighted by Gasteiger charge is 2.48. The van der Waals surface area contributed by atoms with Crippen molar-refractivity contribution < 1.29 is 27.2 Å². The van der Waals surface area contributed by atoms with Gasteiger partial charge in [-0.1, -0.05) is 19.9 Å². The van der Waals surface area contributed by atoms with Crippen molar-refractivity contribution in [2.75, 3.05) is 17.6 Å². The van der Waals surface area contributed by atoms with Crippen molar-refractivity contribution in [3.8, 4) is 0 Å². The molecule has 2 heterocycles. The molecule has 166 valence electrons. The number of halogens is 4. The largest absolute Gasteiger partial charge is 0.383 e. The molecule has 10 heteroatoms. The molecule has 2 unspecified atom stereocenters. The molecule has 3 rings (SSSR count). The summed E-state index contributed by atoms with van der Waals surface area (Å²) in [6.45, 7) is 2.67. The number of nitrogens with two attached hydrogens (primary N) is 1. The fourth-order valence-electron chi connectivity index (χ4n) is 3.55. The van der Waals surface area contributed by atoms with Gasteiger partial charge in [0.2, 0.25) is 0 Å². The van der Waals surface area contributed by atoms with Gasteiger partial charge in [0.1, 0.15) is 5.82 Å². The number of carbonyl (C=O) groups excluding carboxylic acids is 2. The third kappa shape index (κ3) is 4.62. The van der Waals surface area contributed by atoms with E-state index < -0.39 is 54.3 Å². The normalized spacial score (nSPS) is 20.4. The third-order valence-corrected chi connectivity index (χ3v) is 5.46. The average molecular weight is 438 g/mol. The summed E-state index contributed by atoms with van der Waals surface area (Å²) in [7, 11) is 0. The summed E-state index contributed by atoms with van der Waals surface area (Å²) in [6.07, 6.45) is 1.01. The highest BCUT2D eigenvalue weighted by molar-refractivity contribution is 6.39. The molecule has 2 atom stereocenters. The highest BCUT2D eigenvalue weighted by Crippen LogP contribution is 2.43. The van der Waals surface area contributed by atoms with Crippen LogP contribution in [-0.2, 0) is 16.0 Å². The summed E-state index contributed by atoms with van der Waals surface area (Å²) in [6, 6.07) is 2.96. The van der Waals surface area contributed by atoms with Gasteiger partial charge in [0, 0.05) is 18.9 Å². The molecule has 2 amide bonds. The maximum Gasteiger partial charge on any atom is 0.313 e. The predicted octanol–water partition coefficient (Wildman–Crippen LogP) is 3.69. The fraction of sp³-hybridized carbons (Fsp3) is 0.381. The Morgan fingerprint density at radius 2 is 1.97 bits per heavy atom. The molecule has 0 spiro atoms. The number of benzene rings is 1. The van der Waals surface area contributed by atoms with Gasteiger partial charge in [-0.2, -0.15) is 0 Å². The van der Waals surface area contributed by atoms with Crippen LogP contribution in [0.1, 0.15) is 37.4 Å². The number of aromatic nitrogens is 1. The number of hydrogen-bond donors (Lipinski definition) is 2. The van der Waals surface area contributed by atoms with E-state index in [0.29, 0.717) is 12.0 Å². The summed E-state index contributed by atoms with van der Waals surface area (Å²) < 4.78 is 55.8. The van der Waals surface area contributed by atoms with Crippen LogP contribution >= 0.6 is 0 Å². The number of alkyl halides is 2. The standard InChI is InChI=1S/C21H22F4N4O2/c1-3-12-6-14(9-27-18(12)26)28-19(30)20(31)29-10-11(2)21(24,25)8-17(29)13-4-5-15(22)16(23)7-13/h4-7,9,11,17H,3,8,10H2,1-2H3,(H2,26,27)(H,28,30). The second kappa shape index (κ2) is 8.52. The van der Waals surface area contributed by atoms with Crippen molar-refractivity contribution in [3.63, 3.8) is 0 Å². The van der Waals surface area contributed by atoms with Crippen LogP contribution in [0.25, 0.3) is 0 Å². The number of likely N-dealkylation sites (tertiary alicyclic amines) is 1. The Bertz CT molecular complexity index is 1010. The van der Waals surface area contributed by atoms with Crippen molar-refractivity contribution in [2.45, 2.75) is 38.7 Å². The minimum Gasteiger partial charge on any atom is -0.383 e. The zero-order valence-corrected chi connectivity index (χ0v) is 17.0. The van der Waals surface area contributed by atoms with Crippen molar-refractivity contribution in [2.24, 2.45) is 5.92 Å². The Kier molecular flexibility index (Phi) is 6.19. The van der Waals surface area contributed by atoms with Crippen LogP contribution in [0.5, 0.6) is 0 Å². The monoisotopic (exact) mass is 438 g/mol. The van der Waals surface area contributed by atoms with Crippen LogP contribution in [0.2, 0.25) is 0 Å². The van der Waals surface area contributed by atoms with Crippen LogP contribution < -0.4 is 11.1 Å². The SMILES string of the molecule is CCc1cc(NC(=O)C(=O)N2CC(C)C(F)(F)CC2c2ccc(F)c(F)c2)cnc1N. The van der Waals surface area contributed by atoms with Crippen LogP contribution in [0, 0.1) is 17.6 Å². The summed E-state index contributed by atoms with van der Waals surface area (Å²) >= 11 is 0. The summed E-state index contributed by atoms with van der Waals surface area (Å²) in [5.41, 5.74) is 6.60. The number of rotatable bonds is 3. The minimum atomic E-state index is -3.15. The lowest BCUT2D eigenvalue weighted by atomic mass is 9.86. The molecule has 6 nitrogen and oxygen atoms in total. The molecule has 0 radical (unpaired) electrons. The molecule has 1 aliphatic heterocycles. The van der Waals surface area contributed by atoms with Crippen LogP contribution in [-0.4, -0.2) is 34.2 Å². The quantitative estimate of drug-likeness (QED) is 0.565. The first-order valence-corrected chi connectivity index (χ1v) is 9.72. The number of piperidine rings is 1. The number of nitrogens with zero attached hydrogens (tertiary/aromatic N) is 2. The van der Waals surface area contributed by atoms with Crippen LogP contribution in [0.15, 0.2) is 30.5 Å². The number of nitrogens with one attached hydrogen (secondary N) is 1. The van der Waals surface area contributed by atoms with Gasteiger partial charge in [0.05, 0.1) is 17.9 Å². The van der Waals surface area contributed by atoms with Gasteiger partial charge in [-0.25, -0.2) is 22.5 Å². The van der Waals surface area contributed by atoms with Gasteiger partial charge >= 0.3 is 11.8 Å². The number of aryl methyl sites for hydroxylation is 1. The lowest BCUT2D eigenvalue weighted by molar-refractivity contribution is -0.159. The molecule has 1 aromatic heterocycles. The van der Waals surface area contributed by atoms with Crippen LogP contribution in [0.4, 0.5) is 29.1 Å². The Labute approximate surface area is 176 Å². The van der Waals surface area contributed by atoms with E-state index in [9.17, 15) is 27.2 Å². The van der Waals surface area contributed by atoms with E-state index in [1.165, 1.54) is 13.1 Å². The molecule has 3 N–H and O–H groups in total. The maximum absolute atomic E-state index is 14.4. The van der Waals surface area contributed by atoms with Crippen molar-refractivity contribution in [3.05, 3.63) is 53.2 Å². The summed E-state index contributed by atoms with van der Waals surface area (Å²) in [5, 5.41) is 2.40. The van der Waals surface area contributed by atoms with Gasteiger partial charge in [-0.15, -0.1) is 0 Å². The molecule has 1 saturated heterocycles. The zero-order chi connectivity index (χ0) is 22.9. The number of nitrogen functional groups attached to an aromatic ring is 1. The Balaban J connectivity index is 1.88. The molecule has 31 heavy (non-hydrogen) atoms. The van der Waals surface area contributed by atoms with E-state index in [4.69, 9.17) is 5.73 Å². The van der Waals surface area contributed by atoms with Crippen molar-refractivity contribution in [1.82, 2.24) is 9.88 Å². The molecule has 1 aliphatic rings. The van der Waals surface area contributed by atoms with Gasteiger partial charge in [-0.3, -0.25) is 9.59 Å².